The second-order valence-corrected chi connectivity index (χ2v) is 6.64. The second kappa shape index (κ2) is 9.13. The van der Waals surface area contributed by atoms with Crippen molar-refractivity contribution in [1.29, 1.82) is 0 Å². The molecule has 1 aromatic heterocycles. The van der Waals surface area contributed by atoms with Gasteiger partial charge in [0.25, 0.3) is 0 Å². The summed E-state index contributed by atoms with van der Waals surface area (Å²) in [5.74, 6) is 0.803. The van der Waals surface area contributed by atoms with Gasteiger partial charge in [-0.2, -0.15) is 0 Å². The van der Waals surface area contributed by atoms with Crippen LogP contribution in [-0.2, 0) is 11.3 Å². The van der Waals surface area contributed by atoms with Crippen molar-refractivity contribution in [2.24, 2.45) is 0 Å². The molecule has 1 heterocycles. The van der Waals surface area contributed by atoms with Crippen LogP contribution in [-0.4, -0.2) is 29.3 Å². The van der Waals surface area contributed by atoms with E-state index < -0.39 is 11.1 Å². The standard InChI is InChI=1S/C22H23N3O5/c1-15(16-8-10-17(29-2)11-9-16)23-20(26)14-24-12-13-25(22(28)21(24)27)18-6-4-5-7-19(18)30-3/h4-13,15H,14H2,1-3H3,(H,23,26)/t15-/m0/s1. The lowest BCUT2D eigenvalue weighted by Gasteiger charge is -2.16. The number of hydrogen-bond donors (Lipinski definition) is 1. The number of ether oxygens (including phenoxy) is 2. The topological polar surface area (TPSA) is 91.6 Å². The molecule has 0 radical (unpaired) electrons. The minimum absolute atomic E-state index is 0.263. The van der Waals surface area contributed by atoms with Gasteiger partial charge in [-0.15, -0.1) is 0 Å². The molecule has 0 aliphatic heterocycles. The van der Waals surface area contributed by atoms with E-state index in [9.17, 15) is 14.4 Å². The number of carbonyl (C=O) groups excluding carboxylic acids is 1. The predicted molar refractivity (Wildman–Crippen MR) is 112 cm³/mol. The Morgan fingerprint density at radius 3 is 2.33 bits per heavy atom. The average molecular weight is 409 g/mol. The zero-order chi connectivity index (χ0) is 21.7. The number of rotatable bonds is 7. The highest BCUT2D eigenvalue weighted by molar-refractivity contribution is 5.76. The second-order valence-electron chi connectivity index (χ2n) is 6.64. The fourth-order valence-corrected chi connectivity index (χ4v) is 3.07. The van der Waals surface area contributed by atoms with Crippen LogP contribution >= 0.6 is 0 Å². The number of benzene rings is 2. The first kappa shape index (κ1) is 20.9. The van der Waals surface area contributed by atoms with Crippen LogP contribution in [0.25, 0.3) is 5.69 Å². The minimum Gasteiger partial charge on any atom is -0.497 e. The summed E-state index contributed by atoms with van der Waals surface area (Å²) in [7, 11) is 3.07. The van der Waals surface area contributed by atoms with Gasteiger partial charge in [0.1, 0.15) is 18.0 Å². The molecule has 0 aliphatic rings. The Labute approximate surface area is 173 Å². The number of carbonyl (C=O) groups is 1. The van der Waals surface area contributed by atoms with Crippen LogP contribution in [0, 0.1) is 0 Å². The predicted octanol–water partition coefficient (Wildman–Crippen LogP) is 1.89. The summed E-state index contributed by atoms with van der Waals surface area (Å²) in [5, 5.41) is 2.83. The first-order valence-corrected chi connectivity index (χ1v) is 9.33. The van der Waals surface area contributed by atoms with E-state index in [1.165, 1.54) is 24.1 Å². The van der Waals surface area contributed by atoms with Gasteiger partial charge >= 0.3 is 11.1 Å². The Bertz CT molecular complexity index is 1150. The third kappa shape index (κ3) is 4.43. The van der Waals surface area contributed by atoms with Gasteiger partial charge in [0.2, 0.25) is 5.91 Å². The Hall–Kier alpha value is -3.81. The van der Waals surface area contributed by atoms with Crippen LogP contribution in [0.2, 0.25) is 0 Å². The monoisotopic (exact) mass is 409 g/mol. The highest BCUT2D eigenvalue weighted by Crippen LogP contribution is 2.20. The van der Waals surface area contributed by atoms with E-state index in [-0.39, 0.29) is 18.5 Å². The molecule has 1 N–H and O–H groups in total. The molecule has 0 bridgehead atoms. The molecule has 8 nitrogen and oxygen atoms in total. The Morgan fingerprint density at radius 2 is 1.67 bits per heavy atom. The molecule has 3 rings (SSSR count). The van der Waals surface area contributed by atoms with E-state index in [1.54, 1.807) is 43.5 Å². The van der Waals surface area contributed by atoms with Gasteiger partial charge in [-0.25, -0.2) is 0 Å². The number of hydrogen-bond acceptors (Lipinski definition) is 5. The molecule has 1 atom stereocenters. The van der Waals surface area contributed by atoms with Gasteiger partial charge in [0, 0.05) is 12.4 Å². The molecule has 0 saturated heterocycles. The van der Waals surface area contributed by atoms with E-state index in [0.29, 0.717) is 11.4 Å². The molecule has 0 aliphatic carbocycles. The summed E-state index contributed by atoms with van der Waals surface area (Å²) < 4.78 is 12.7. The first-order chi connectivity index (χ1) is 14.4. The molecular formula is C22H23N3O5. The fourth-order valence-electron chi connectivity index (χ4n) is 3.07. The van der Waals surface area contributed by atoms with Crippen LogP contribution in [0.1, 0.15) is 18.5 Å². The fraction of sp³-hybridized carbons (Fsp3) is 0.227. The summed E-state index contributed by atoms with van der Waals surface area (Å²) in [6, 6.07) is 13.9. The van der Waals surface area contributed by atoms with Crippen LogP contribution in [0.5, 0.6) is 11.5 Å². The number of nitrogens with one attached hydrogen (secondary N) is 1. The van der Waals surface area contributed by atoms with E-state index >= 15 is 0 Å². The van der Waals surface area contributed by atoms with Crippen LogP contribution in [0.15, 0.2) is 70.5 Å². The third-order valence-corrected chi connectivity index (χ3v) is 4.71. The largest absolute Gasteiger partial charge is 0.497 e. The molecular weight excluding hydrogens is 386 g/mol. The number of aromatic nitrogens is 2. The van der Waals surface area contributed by atoms with Crippen molar-refractivity contribution >= 4 is 5.91 Å². The summed E-state index contributed by atoms with van der Waals surface area (Å²) >= 11 is 0. The van der Waals surface area contributed by atoms with Gasteiger partial charge in [0.15, 0.2) is 0 Å². The molecule has 156 valence electrons. The molecule has 0 saturated carbocycles. The molecule has 3 aromatic rings. The summed E-state index contributed by atoms with van der Waals surface area (Å²) in [5.41, 5.74) is -0.219. The first-order valence-electron chi connectivity index (χ1n) is 9.33. The molecule has 1 amide bonds. The van der Waals surface area contributed by atoms with Crippen molar-refractivity contribution in [3.8, 4) is 17.2 Å². The molecule has 0 spiro atoms. The van der Waals surface area contributed by atoms with Crippen molar-refractivity contribution in [2.75, 3.05) is 14.2 Å². The normalized spacial score (nSPS) is 11.6. The smallest absolute Gasteiger partial charge is 0.321 e. The van der Waals surface area contributed by atoms with E-state index in [2.05, 4.69) is 5.32 Å². The molecule has 30 heavy (non-hydrogen) atoms. The molecule has 2 aromatic carbocycles. The molecule has 0 unspecified atom stereocenters. The van der Waals surface area contributed by atoms with Crippen LogP contribution in [0.3, 0.4) is 0 Å². The number of amides is 1. The van der Waals surface area contributed by atoms with Gasteiger partial charge in [-0.05, 0) is 36.8 Å². The van der Waals surface area contributed by atoms with Gasteiger partial charge in [0.05, 0.1) is 25.9 Å². The van der Waals surface area contributed by atoms with E-state index in [1.807, 2.05) is 19.1 Å². The van der Waals surface area contributed by atoms with E-state index in [0.717, 1.165) is 15.9 Å². The molecule has 0 fully saturated rings. The van der Waals surface area contributed by atoms with Crippen molar-refractivity contribution in [3.63, 3.8) is 0 Å². The lowest BCUT2D eigenvalue weighted by Crippen LogP contribution is -2.42. The Morgan fingerprint density at radius 1 is 0.967 bits per heavy atom. The Kier molecular flexibility index (Phi) is 6.36. The summed E-state index contributed by atoms with van der Waals surface area (Å²) in [6.45, 7) is 1.57. The van der Waals surface area contributed by atoms with Crippen LogP contribution < -0.4 is 25.9 Å². The van der Waals surface area contributed by atoms with Gasteiger partial charge in [-0.3, -0.25) is 23.5 Å². The van der Waals surface area contributed by atoms with Crippen molar-refractivity contribution in [1.82, 2.24) is 14.5 Å². The van der Waals surface area contributed by atoms with Gasteiger partial charge in [-0.1, -0.05) is 24.3 Å². The van der Waals surface area contributed by atoms with Crippen molar-refractivity contribution in [2.45, 2.75) is 19.5 Å². The maximum Gasteiger partial charge on any atom is 0.321 e. The quantitative estimate of drug-likeness (QED) is 0.602. The molecule has 8 heteroatoms. The maximum absolute atomic E-state index is 12.6. The third-order valence-electron chi connectivity index (χ3n) is 4.71. The van der Waals surface area contributed by atoms with E-state index in [4.69, 9.17) is 9.47 Å². The zero-order valence-corrected chi connectivity index (χ0v) is 17.0. The van der Waals surface area contributed by atoms with Gasteiger partial charge < -0.3 is 14.8 Å². The van der Waals surface area contributed by atoms with Crippen molar-refractivity contribution in [3.05, 3.63) is 87.2 Å². The Balaban J connectivity index is 1.76. The number of nitrogens with zero attached hydrogens (tertiary/aromatic N) is 2. The SMILES string of the molecule is COc1ccc([C@H](C)NC(=O)Cn2ccn(-c3ccccc3OC)c(=O)c2=O)cc1. The average Bonchev–Trinajstić information content (AvgIpc) is 2.77. The lowest BCUT2D eigenvalue weighted by molar-refractivity contribution is -0.122. The summed E-state index contributed by atoms with van der Waals surface area (Å²) in [4.78, 5) is 37.5. The lowest BCUT2D eigenvalue weighted by atomic mass is 10.1. The highest BCUT2D eigenvalue weighted by Gasteiger charge is 2.14. The highest BCUT2D eigenvalue weighted by atomic mass is 16.5. The minimum atomic E-state index is -0.796. The number of methoxy groups -OCH3 is 2. The zero-order valence-electron chi connectivity index (χ0n) is 17.0. The maximum atomic E-state index is 12.6. The number of para-hydroxylation sites is 2. The summed E-state index contributed by atoms with van der Waals surface area (Å²) in [6.07, 6.45) is 2.86. The van der Waals surface area contributed by atoms with Crippen molar-refractivity contribution < 1.29 is 14.3 Å². The van der Waals surface area contributed by atoms with Crippen LogP contribution in [0.4, 0.5) is 0 Å².